The van der Waals surface area contributed by atoms with Gasteiger partial charge in [0.15, 0.2) is 5.78 Å². The Morgan fingerprint density at radius 2 is 1.71 bits per heavy atom. The molecule has 0 fully saturated rings. The van der Waals surface area contributed by atoms with Gasteiger partial charge in [-0.2, -0.15) is 18.4 Å². The van der Waals surface area contributed by atoms with E-state index in [2.05, 4.69) is 11.1 Å². The first-order valence-corrected chi connectivity index (χ1v) is 11.2. The molecule has 1 aliphatic rings. The van der Waals surface area contributed by atoms with E-state index in [1.807, 2.05) is 13.8 Å². The normalized spacial score (nSPS) is 17.7. The van der Waals surface area contributed by atoms with Crippen molar-refractivity contribution in [3.63, 3.8) is 0 Å². The Kier molecular flexibility index (Phi) is 6.48. The van der Waals surface area contributed by atoms with E-state index in [1.165, 1.54) is 24.3 Å². The van der Waals surface area contributed by atoms with E-state index in [9.17, 15) is 32.7 Å². The number of nitriles is 1. The molecule has 0 spiro atoms. The van der Waals surface area contributed by atoms with E-state index in [4.69, 9.17) is 0 Å². The number of nitrogens with zero attached hydrogens (tertiary/aromatic N) is 2. The van der Waals surface area contributed by atoms with Gasteiger partial charge in [0.05, 0.1) is 40.6 Å². The molecule has 1 aromatic heterocycles. The molecule has 180 valence electrons. The third-order valence-corrected chi connectivity index (χ3v) is 6.22. The molecule has 0 bridgehead atoms. The fourth-order valence-corrected chi connectivity index (χ4v) is 4.49. The Morgan fingerprint density at radius 1 is 1.09 bits per heavy atom. The van der Waals surface area contributed by atoms with Crippen molar-refractivity contribution in [1.29, 1.82) is 5.26 Å². The first-order valence-electron chi connectivity index (χ1n) is 11.2. The van der Waals surface area contributed by atoms with Crippen LogP contribution in [0.5, 0.6) is 0 Å². The maximum Gasteiger partial charge on any atom is 0.416 e. The minimum atomic E-state index is -4.55. The Bertz CT molecular complexity index is 1310. The standard InChI is InChI=1S/C27H22F4N2O2/c1-14(2)24-23(26(35)16-3-8-18(9-4-16)27(29,30)31)21(15-5-10-19(28)11-6-15)22-20(34)12-7-17(13-32)25(22)33-24/h3-6,8-11,14,17,20,34H,7,12H2,1-2H3. The van der Waals surface area contributed by atoms with Crippen LogP contribution in [0, 0.1) is 17.1 Å². The molecule has 0 saturated carbocycles. The number of fused-ring (bicyclic) bond motifs is 1. The maximum absolute atomic E-state index is 13.8. The van der Waals surface area contributed by atoms with Gasteiger partial charge in [-0.1, -0.05) is 38.1 Å². The smallest absolute Gasteiger partial charge is 0.388 e. The third-order valence-electron chi connectivity index (χ3n) is 6.22. The van der Waals surface area contributed by atoms with Gasteiger partial charge in [0, 0.05) is 16.7 Å². The zero-order valence-electron chi connectivity index (χ0n) is 19.0. The topological polar surface area (TPSA) is 74.0 Å². The number of benzene rings is 2. The average molecular weight is 482 g/mol. The van der Waals surface area contributed by atoms with Gasteiger partial charge >= 0.3 is 6.18 Å². The molecule has 1 heterocycles. The van der Waals surface area contributed by atoms with E-state index in [0.717, 1.165) is 24.3 Å². The number of aromatic nitrogens is 1. The first kappa shape index (κ1) is 24.6. The van der Waals surface area contributed by atoms with Gasteiger partial charge in [-0.05, 0) is 48.6 Å². The first-order chi connectivity index (χ1) is 16.5. The fraction of sp³-hybridized carbons (Fsp3) is 0.296. The van der Waals surface area contributed by atoms with Crippen molar-refractivity contribution in [3.8, 4) is 17.2 Å². The van der Waals surface area contributed by atoms with Gasteiger partial charge in [-0.15, -0.1) is 0 Å². The van der Waals surface area contributed by atoms with Gasteiger partial charge in [0.2, 0.25) is 0 Å². The van der Waals surface area contributed by atoms with Crippen molar-refractivity contribution in [2.45, 2.75) is 50.8 Å². The summed E-state index contributed by atoms with van der Waals surface area (Å²) in [5, 5.41) is 20.7. The number of carbonyl (C=O) groups is 1. The van der Waals surface area contributed by atoms with Gasteiger partial charge < -0.3 is 5.11 Å². The van der Waals surface area contributed by atoms with Crippen LogP contribution >= 0.6 is 0 Å². The van der Waals surface area contributed by atoms with Crippen LogP contribution in [-0.2, 0) is 6.18 Å². The Morgan fingerprint density at radius 3 is 2.26 bits per heavy atom. The Balaban J connectivity index is 2.03. The van der Waals surface area contributed by atoms with Gasteiger partial charge in [-0.25, -0.2) is 4.39 Å². The number of pyridine rings is 1. The van der Waals surface area contributed by atoms with Crippen LogP contribution in [-0.4, -0.2) is 15.9 Å². The number of rotatable bonds is 4. The highest BCUT2D eigenvalue weighted by atomic mass is 19.4. The molecule has 4 nitrogen and oxygen atoms in total. The molecule has 0 amide bonds. The van der Waals surface area contributed by atoms with E-state index in [0.29, 0.717) is 34.5 Å². The molecule has 0 saturated heterocycles. The number of aliphatic hydroxyl groups is 1. The molecule has 2 aromatic carbocycles. The second kappa shape index (κ2) is 9.23. The number of ketones is 1. The molecule has 0 aliphatic heterocycles. The predicted octanol–water partition coefficient (Wildman–Crippen LogP) is 6.70. The lowest BCUT2D eigenvalue weighted by molar-refractivity contribution is -0.137. The quantitative estimate of drug-likeness (QED) is 0.332. The highest BCUT2D eigenvalue weighted by Gasteiger charge is 2.36. The molecule has 4 rings (SSSR count). The van der Waals surface area contributed by atoms with Gasteiger partial charge in [0.1, 0.15) is 5.82 Å². The summed E-state index contributed by atoms with van der Waals surface area (Å²) in [6, 6.07) is 11.5. The summed E-state index contributed by atoms with van der Waals surface area (Å²) < 4.78 is 52.9. The van der Waals surface area contributed by atoms with Crippen LogP contribution < -0.4 is 0 Å². The van der Waals surface area contributed by atoms with Crippen molar-refractivity contribution in [2.24, 2.45) is 0 Å². The number of hydrogen-bond donors (Lipinski definition) is 1. The maximum atomic E-state index is 13.8. The SMILES string of the molecule is CC(C)c1nc2c(c(-c3ccc(F)cc3)c1C(=O)c1ccc(C(F)(F)F)cc1)C(O)CCC2C#N. The van der Waals surface area contributed by atoms with Crippen LogP contribution in [0.25, 0.3) is 11.1 Å². The highest BCUT2D eigenvalue weighted by molar-refractivity contribution is 6.14. The molecule has 35 heavy (non-hydrogen) atoms. The lowest BCUT2D eigenvalue weighted by Gasteiger charge is -2.30. The van der Waals surface area contributed by atoms with Crippen molar-refractivity contribution in [1.82, 2.24) is 4.98 Å². The molecular weight excluding hydrogens is 460 g/mol. The highest BCUT2D eigenvalue weighted by Crippen LogP contribution is 2.45. The predicted molar refractivity (Wildman–Crippen MR) is 121 cm³/mol. The number of aliphatic hydroxyl groups excluding tert-OH is 1. The molecular formula is C27H22F4N2O2. The van der Waals surface area contributed by atoms with Crippen LogP contribution in [0.4, 0.5) is 17.6 Å². The number of halogens is 4. The lowest BCUT2D eigenvalue weighted by Crippen LogP contribution is -2.22. The lowest BCUT2D eigenvalue weighted by atomic mass is 9.77. The summed E-state index contributed by atoms with van der Waals surface area (Å²) >= 11 is 0. The van der Waals surface area contributed by atoms with E-state index < -0.39 is 35.4 Å². The summed E-state index contributed by atoms with van der Waals surface area (Å²) in [5.41, 5.74) is 1.10. The molecule has 1 aliphatic carbocycles. The summed E-state index contributed by atoms with van der Waals surface area (Å²) in [6.45, 7) is 3.63. The monoisotopic (exact) mass is 482 g/mol. The number of hydrogen-bond acceptors (Lipinski definition) is 4. The summed E-state index contributed by atoms with van der Waals surface area (Å²) in [7, 11) is 0. The largest absolute Gasteiger partial charge is 0.416 e. The van der Waals surface area contributed by atoms with Crippen molar-refractivity contribution < 1.29 is 27.5 Å². The van der Waals surface area contributed by atoms with Crippen molar-refractivity contribution in [3.05, 3.63) is 88.0 Å². The van der Waals surface area contributed by atoms with Gasteiger partial charge in [-0.3, -0.25) is 9.78 Å². The molecule has 2 atom stereocenters. The molecule has 3 aromatic rings. The molecule has 0 radical (unpaired) electrons. The molecule has 2 unspecified atom stereocenters. The van der Waals surface area contributed by atoms with E-state index in [1.54, 1.807) is 0 Å². The van der Waals surface area contributed by atoms with Crippen LogP contribution in [0.2, 0.25) is 0 Å². The van der Waals surface area contributed by atoms with Crippen LogP contribution in [0.3, 0.4) is 0 Å². The Labute approximate surface area is 199 Å². The average Bonchev–Trinajstić information content (AvgIpc) is 2.83. The second-order valence-corrected chi connectivity index (χ2v) is 8.89. The summed E-state index contributed by atoms with van der Waals surface area (Å²) in [4.78, 5) is 18.5. The number of alkyl halides is 3. The summed E-state index contributed by atoms with van der Waals surface area (Å²) in [5.74, 6) is -1.94. The van der Waals surface area contributed by atoms with Crippen molar-refractivity contribution in [2.75, 3.05) is 0 Å². The minimum Gasteiger partial charge on any atom is -0.388 e. The fourth-order valence-electron chi connectivity index (χ4n) is 4.49. The molecule has 8 heteroatoms. The van der Waals surface area contributed by atoms with E-state index in [-0.39, 0.29) is 23.5 Å². The minimum absolute atomic E-state index is 0.0205. The zero-order valence-corrected chi connectivity index (χ0v) is 19.0. The zero-order chi connectivity index (χ0) is 25.5. The second-order valence-electron chi connectivity index (χ2n) is 8.89. The van der Waals surface area contributed by atoms with E-state index >= 15 is 0 Å². The van der Waals surface area contributed by atoms with Gasteiger partial charge in [0.25, 0.3) is 0 Å². The van der Waals surface area contributed by atoms with Crippen LogP contribution in [0.15, 0.2) is 48.5 Å². The number of carbonyl (C=O) groups excluding carboxylic acids is 1. The molecule has 1 N–H and O–H groups in total. The Hall–Kier alpha value is -3.57. The van der Waals surface area contributed by atoms with Crippen molar-refractivity contribution >= 4 is 5.78 Å². The summed E-state index contributed by atoms with van der Waals surface area (Å²) in [6.07, 6.45) is -4.89. The third kappa shape index (κ3) is 4.56. The van der Waals surface area contributed by atoms with Crippen LogP contribution in [0.1, 0.15) is 83.1 Å².